The van der Waals surface area contributed by atoms with Crippen molar-refractivity contribution < 1.29 is 22.8 Å². The number of aryl methyl sites for hydroxylation is 2. The highest BCUT2D eigenvalue weighted by Crippen LogP contribution is 2.29. The molecule has 0 unspecified atom stereocenters. The third-order valence-electron chi connectivity index (χ3n) is 7.39. The first-order chi connectivity index (χ1) is 19.1. The lowest BCUT2D eigenvalue weighted by molar-refractivity contribution is -0.145. The van der Waals surface area contributed by atoms with E-state index in [0.29, 0.717) is 36.5 Å². The first kappa shape index (κ1) is 29.4. The molecule has 1 aliphatic rings. The van der Waals surface area contributed by atoms with Gasteiger partial charge in [0.15, 0.2) is 0 Å². The molecule has 0 spiro atoms. The highest BCUT2D eigenvalue weighted by Gasteiger charge is 2.28. The van der Waals surface area contributed by atoms with Gasteiger partial charge in [-0.2, -0.15) is 5.10 Å². The van der Waals surface area contributed by atoms with Crippen LogP contribution in [0.15, 0.2) is 30.3 Å². The Morgan fingerprint density at radius 1 is 1.07 bits per heavy atom. The zero-order valence-corrected chi connectivity index (χ0v) is 23.5. The normalized spacial score (nSPS) is 13.2. The number of aromatic nitrogens is 2. The van der Waals surface area contributed by atoms with E-state index in [0.717, 1.165) is 41.3 Å². The van der Waals surface area contributed by atoms with Crippen molar-refractivity contribution in [2.45, 2.75) is 66.1 Å². The Bertz CT molecular complexity index is 1380. The lowest BCUT2D eigenvalue weighted by Gasteiger charge is -2.32. The molecule has 0 radical (unpaired) electrons. The molecule has 8 nitrogen and oxygen atoms in total. The van der Waals surface area contributed by atoms with E-state index in [1.54, 1.807) is 31.0 Å². The van der Waals surface area contributed by atoms with Crippen molar-refractivity contribution in [3.05, 3.63) is 58.5 Å². The monoisotopic (exact) mass is 558 g/mol. The Kier molecular flexibility index (Phi) is 9.34. The number of anilines is 1. The smallest absolute Gasteiger partial charge is 0.257 e. The molecule has 11 heteroatoms. The predicted molar refractivity (Wildman–Crippen MR) is 148 cm³/mol. The summed E-state index contributed by atoms with van der Waals surface area (Å²) in [7, 11) is 1.67. The quantitative estimate of drug-likeness (QED) is 0.330. The Balaban J connectivity index is 1.57. The van der Waals surface area contributed by atoms with Crippen molar-refractivity contribution in [3.63, 3.8) is 0 Å². The van der Waals surface area contributed by atoms with Crippen LogP contribution in [0.1, 0.15) is 48.6 Å². The molecule has 1 N–H and O–H groups in total. The second-order valence-corrected chi connectivity index (χ2v) is 10.4. The Labute approximate surface area is 232 Å². The van der Waals surface area contributed by atoms with Crippen LogP contribution < -0.4 is 10.2 Å². The minimum atomic E-state index is -2.54. The summed E-state index contributed by atoms with van der Waals surface area (Å²) < 4.78 is 41.2. The SMILES string of the molecule is CCCCCNC(=O)CN(CC(=O)N(C)N1Cc2ccc(F)cc2C1)c1cc2nn(CC(F)F)c(C)c2cc1C. The number of alkyl halides is 2. The molecule has 0 atom stereocenters. The summed E-state index contributed by atoms with van der Waals surface area (Å²) in [6.07, 6.45) is 0.368. The van der Waals surface area contributed by atoms with Crippen molar-refractivity contribution in [3.8, 4) is 0 Å². The van der Waals surface area contributed by atoms with Crippen molar-refractivity contribution >= 4 is 28.4 Å². The summed E-state index contributed by atoms with van der Waals surface area (Å²) in [6, 6.07) is 8.24. The number of nitrogens with zero attached hydrogens (tertiary/aromatic N) is 5. The summed E-state index contributed by atoms with van der Waals surface area (Å²) in [5.74, 6) is -0.775. The van der Waals surface area contributed by atoms with Gasteiger partial charge in [0.2, 0.25) is 5.91 Å². The molecule has 3 aromatic rings. The van der Waals surface area contributed by atoms with Crippen LogP contribution in [0, 0.1) is 19.7 Å². The molecular formula is C29H37F3N6O2. The summed E-state index contributed by atoms with van der Waals surface area (Å²) in [4.78, 5) is 28.1. The minimum Gasteiger partial charge on any atom is -0.355 e. The summed E-state index contributed by atoms with van der Waals surface area (Å²) in [5, 5.41) is 11.4. The largest absolute Gasteiger partial charge is 0.355 e. The predicted octanol–water partition coefficient (Wildman–Crippen LogP) is 4.56. The molecule has 2 amide bonds. The summed E-state index contributed by atoms with van der Waals surface area (Å²) >= 11 is 0. The van der Waals surface area contributed by atoms with Gasteiger partial charge in [-0.25, -0.2) is 18.2 Å². The Morgan fingerprint density at radius 2 is 1.82 bits per heavy atom. The van der Waals surface area contributed by atoms with Gasteiger partial charge in [0.25, 0.3) is 12.3 Å². The molecule has 0 aliphatic carbocycles. The second kappa shape index (κ2) is 12.7. The van der Waals surface area contributed by atoms with E-state index in [9.17, 15) is 22.8 Å². The van der Waals surface area contributed by atoms with E-state index in [2.05, 4.69) is 17.3 Å². The zero-order valence-electron chi connectivity index (χ0n) is 23.5. The first-order valence-corrected chi connectivity index (χ1v) is 13.6. The highest BCUT2D eigenvalue weighted by atomic mass is 19.3. The molecular weight excluding hydrogens is 521 g/mol. The van der Waals surface area contributed by atoms with Gasteiger partial charge in [-0.15, -0.1) is 0 Å². The number of nitrogens with one attached hydrogen (secondary N) is 1. The number of carbonyl (C=O) groups is 2. The molecule has 0 saturated heterocycles. The van der Waals surface area contributed by atoms with Gasteiger partial charge in [-0.3, -0.25) is 19.3 Å². The van der Waals surface area contributed by atoms with Gasteiger partial charge in [0.1, 0.15) is 12.4 Å². The first-order valence-electron chi connectivity index (χ1n) is 13.6. The van der Waals surface area contributed by atoms with Crippen LogP contribution in [0.4, 0.5) is 18.9 Å². The van der Waals surface area contributed by atoms with Crippen molar-refractivity contribution in [1.29, 1.82) is 0 Å². The number of benzene rings is 2. The Hall–Kier alpha value is -3.60. The number of hydrazine groups is 1. The topological polar surface area (TPSA) is 73.7 Å². The third kappa shape index (κ3) is 6.75. The van der Waals surface area contributed by atoms with Crippen LogP contribution in [0.2, 0.25) is 0 Å². The number of amides is 2. The van der Waals surface area contributed by atoms with E-state index in [1.807, 2.05) is 18.0 Å². The molecule has 1 aromatic heterocycles. The van der Waals surface area contributed by atoms with Gasteiger partial charge in [0, 0.05) is 43.4 Å². The number of halogens is 3. The molecule has 40 heavy (non-hydrogen) atoms. The van der Waals surface area contributed by atoms with Gasteiger partial charge < -0.3 is 10.2 Å². The molecule has 2 heterocycles. The third-order valence-corrected chi connectivity index (χ3v) is 7.39. The second-order valence-electron chi connectivity index (χ2n) is 10.4. The van der Waals surface area contributed by atoms with Crippen LogP contribution in [-0.2, 0) is 29.2 Å². The lowest BCUT2D eigenvalue weighted by atomic mass is 10.1. The van der Waals surface area contributed by atoms with Crippen molar-refractivity contribution in [2.75, 3.05) is 31.6 Å². The number of likely N-dealkylation sites (N-methyl/N-ethyl adjacent to an activating group) is 1. The number of carbonyl (C=O) groups excluding carboxylic acids is 2. The lowest BCUT2D eigenvalue weighted by Crippen LogP contribution is -2.48. The van der Waals surface area contributed by atoms with E-state index >= 15 is 0 Å². The maximum Gasteiger partial charge on any atom is 0.257 e. The fraction of sp³-hybridized carbons (Fsp3) is 0.483. The number of rotatable bonds is 12. The van der Waals surface area contributed by atoms with Crippen molar-refractivity contribution in [1.82, 2.24) is 25.1 Å². The average Bonchev–Trinajstić information content (AvgIpc) is 3.45. The molecule has 0 fully saturated rings. The van der Waals surface area contributed by atoms with E-state index < -0.39 is 13.0 Å². The number of hydrogen-bond acceptors (Lipinski definition) is 5. The molecule has 0 bridgehead atoms. The van der Waals surface area contributed by atoms with Crippen molar-refractivity contribution in [2.24, 2.45) is 0 Å². The maximum absolute atomic E-state index is 13.7. The standard InChI is InChI=1S/C29H37F3N6O2/c1-5-6-7-10-33-28(39)17-36(18-29(40)35(4)37-14-21-8-9-23(30)12-22(21)15-37)26-13-25-24(11-19(26)2)20(3)38(34-25)16-27(31)32/h8-9,11-13,27H,5-7,10,14-18H2,1-4H3,(H,33,39). The minimum absolute atomic E-state index is 0.0553. The zero-order chi connectivity index (χ0) is 29.0. The van der Waals surface area contributed by atoms with Crippen LogP contribution >= 0.6 is 0 Å². The summed E-state index contributed by atoms with van der Waals surface area (Å²) in [5.41, 5.74) is 4.37. The van der Waals surface area contributed by atoms with E-state index in [4.69, 9.17) is 0 Å². The van der Waals surface area contributed by atoms with Gasteiger partial charge in [0.05, 0.1) is 18.6 Å². The maximum atomic E-state index is 13.7. The Morgan fingerprint density at radius 3 is 2.55 bits per heavy atom. The van der Waals surface area contributed by atoms with Crippen LogP contribution in [0.25, 0.3) is 10.9 Å². The highest BCUT2D eigenvalue weighted by molar-refractivity contribution is 5.91. The molecule has 216 valence electrons. The number of fused-ring (bicyclic) bond motifs is 2. The van der Waals surface area contributed by atoms with Crippen LogP contribution in [0.5, 0.6) is 0 Å². The van der Waals surface area contributed by atoms with Gasteiger partial charge >= 0.3 is 0 Å². The number of unbranched alkanes of at least 4 members (excludes halogenated alkanes) is 2. The molecule has 1 aliphatic heterocycles. The molecule has 4 rings (SSSR count). The van der Waals surface area contributed by atoms with E-state index in [1.165, 1.54) is 21.8 Å². The van der Waals surface area contributed by atoms with E-state index in [-0.39, 0.29) is 30.7 Å². The van der Waals surface area contributed by atoms with Gasteiger partial charge in [-0.05, 0) is 61.2 Å². The molecule has 0 saturated carbocycles. The summed E-state index contributed by atoms with van der Waals surface area (Å²) in [6.45, 7) is 6.46. The fourth-order valence-electron chi connectivity index (χ4n) is 5.09. The number of hydrogen-bond donors (Lipinski definition) is 1. The average molecular weight is 559 g/mol. The van der Waals surface area contributed by atoms with Crippen LogP contribution in [-0.4, -0.2) is 64.7 Å². The molecule has 2 aromatic carbocycles. The van der Waals surface area contributed by atoms with Crippen LogP contribution in [0.3, 0.4) is 0 Å². The van der Waals surface area contributed by atoms with Gasteiger partial charge in [-0.1, -0.05) is 25.8 Å². The fourth-order valence-corrected chi connectivity index (χ4v) is 5.09.